The molecule has 1 aromatic rings. The summed E-state index contributed by atoms with van der Waals surface area (Å²) in [4.78, 5) is 20.4. The van der Waals surface area contributed by atoms with Gasteiger partial charge in [0, 0.05) is 12.0 Å². The molecule has 6 nitrogen and oxygen atoms in total. The lowest BCUT2D eigenvalue weighted by molar-refractivity contribution is -0.141. The van der Waals surface area contributed by atoms with E-state index in [0.29, 0.717) is 36.2 Å². The number of anilines is 2. The molecule has 0 aliphatic heterocycles. The Kier molecular flexibility index (Phi) is 5.73. The Morgan fingerprint density at radius 3 is 2.55 bits per heavy atom. The van der Waals surface area contributed by atoms with Crippen molar-refractivity contribution in [1.29, 1.82) is 0 Å². The van der Waals surface area contributed by atoms with Gasteiger partial charge in [-0.15, -0.1) is 0 Å². The van der Waals surface area contributed by atoms with Crippen molar-refractivity contribution < 1.29 is 9.53 Å². The fourth-order valence-electron chi connectivity index (χ4n) is 1.87. The van der Waals surface area contributed by atoms with Crippen LogP contribution in [0.15, 0.2) is 0 Å². The van der Waals surface area contributed by atoms with Gasteiger partial charge in [0.15, 0.2) is 0 Å². The third-order valence-electron chi connectivity index (χ3n) is 3.05. The van der Waals surface area contributed by atoms with Gasteiger partial charge in [-0.3, -0.25) is 0 Å². The van der Waals surface area contributed by atoms with Gasteiger partial charge < -0.3 is 15.8 Å². The maximum Gasteiger partial charge on any atom is 0.328 e. The van der Waals surface area contributed by atoms with Gasteiger partial charge in [0.25, 0.3) is 0 Å². The van der Waals surface area contributed by atoms with Crippen molar-refractivity contribution in [3.8, 4) is 0 Å². The Bertz CT molecular complexity index is 474. The van der Waals surface area contributed by atoms with Crippen LogP contribution in [-0.4, -0.2) is 29.1 Å². The zero-order chi connectivity index (χ0) is 15.3. The first-order valence-electron chi connectivity index (χ1n) is 6.86. The van der Waals surface area contributed by atoms with Gasteiger partial charge in [-0.25, -0.2) is 14.8 Å². The standard InChI is InChI=1S/C14H24N4O2/c1-6-11-17-12(15)9(4)13(18-11)16-10(7-8(2)3)14(19)20-5/h8,10H,6-7H2,1-5H3,(H3,15,16,17,18). The van der Waals surface area contributed by atoms with Crippen molar-refractivity contribution in [2.75, 3.05) is 18.2 Å². The summed E-state index contributed by atoms with van der Waals surface area (Å²) in [6.45, 7) is 7.90. The Hall–Kier alpha value is -1.85. The molecule has 0 bridgehead atoms. The summed E-state index contributed by atoms with van der Waals surface area (Å²) in [5, 5.41) is 3.14. The van der Waals surface area contributed by atoms with Crippen LogP contribution >= 0.6 is 0 Å². The van der Waals surface area contributed by atoms with Gasteiger partial charge >= 0.3 is 5.97 Å². The minimum Gasteiger partial charge on any atom is -0.467 e. The molecule has 1 aromatic heterocycles. The smallest absolute Gasteiger partial charge is 0.328 e. The molecule has 0 spiro atoms. The Balaban J connectivity index is 3.03. The molecule has 0 aliphatic rings. The fourth-order valence-corrected chi connectivity index (χ4v) is 1.87. The fraction of sp³-hybridized carbons (Fsp3) is 0.643. The molecule has 0 aromatic carbocycles. The molecule has 1 unspecified atom stereocenters. The van der Waals surface area contributed by atoms with Crippen LogP contribution in [0.5, 0.6) is 0 Å². The highest BCUT2D eigenvalue weighted by atomic mass is 16.5. The van der Waals surface area contributed by atoms with Crippen molar-refractivity contribution in [3.63, 3.8) is 0 Å². The number of hydrogen-bond donors (Lipinski definition) is 2. The first-order valence-corrected chi connectivity index (χ1v) is 6.86. The third-order valence-corrected chi connectivity index (χ3v) is 3.05. The van der Waals surface area contributed by atoms with Crippen molar-refractivity contribution in [2.45, 2.75) is 46.6 Å². The lowest BCUT2D eigenvalue weighted by Gasteiger charge is -2.20. The number of nitrogen functional groups attached to an aromatic ring is 1. The number of nitrogens with one attached hydrogen (secondary N) is 1. The van der Waals surface area contributed by atoms with Crippen molar-refractivity contribution in [2.24, 2.45) is 5.92 Å². The van der Waals surface area contributed by atoms with Crippen LogP contribution in [0.2, 0.25) is 0 Å². The summed E-state index contributed by atoms with van der Waals surface area (Å²) in [7, 11) is 1.38. The second kappa shape index (κ2) is 7.07. The van der Waals surface area contributed by atoms with Crippen molar-refractivity contribution >= 4 is 17.6 Å². The van der Waals surface area contributed by atoms with Gasteiger partial charge in [-0.05, 0) is 19.3 Å². The van der Waals surface area contributed by atoms with E-state index in [1.807, 2.05) is 13.8 Å². The van der Waals surface area contributed by atoms with E-state index < -0.39 is 6.04 Å². The first kappa shape index (κ1) is 16.2. The average molecular weight is 280 g/mol. The van der Waals surface area contributed by atoms with E-state index >= 15 is 0 Å². The quantitative estimate of drug-likeness (QED) is 0.774. The van der Waals surface area contributed by atoms with Crippen LogP contribution in [0.1, 0.15) is 38.6 Å². The van der Waals surface area contributed by atoms with E-state index in [9.17, 15) is 4.79 Å². The SMILES string of the molecule is CCc1nc(N)c(C)c(NC(CC(C)C)C(=O)OC)n1. The topological polar surface area (TPSA) is 90.1 Å². The van der Waals surface area contributed by atoms with E-state index in [2.05, 4.69) is 29.1 Å². The molecule has 0 fully saturated rings. The van der Waals surface area contributed by atoms with Gasteiger partial charge in [0.1, 0.15) is 23.5 Å². The number of methoxy groups -OCH3 is 1. The van der Waals surface area contributed by atoms with Crippen molar-refractivity contribution in [3.05, 3.63) is 11.4 Å². The summed E-state index contributed by atoms with van der Waals surface area (Å²) in [5.41, 5.74) is 6.63. The summed E-state index contributed by atoms with van der Waals surface area (Å²) >= 11 is 0. The van der Waals surface area contributed by atoms with E-state index in [0.717, 1.165) is 5.56 Å². The number of carbonyl (C=O) groups excluding carboxylic acids is 1. The third kappa shape index (κ3) is 4.08. The number of nitrogens with two attached hydrogens (primary N) is 1. The Morgan fingerprint density at radius 1 is 1.40 bits per heavy atom. The highest BCUT2D eigenvalue weighted by molar-refractivity contribution is 5.79. The number of esters is 1. The summed E-state index contributed by atoms with van der Waals surface area (Å²) < 4.78 is 4.84. The molecule has 20 heavy (non-hydrogen) atoms. The normalized spacial score (nSPS) is 12.3. The van der Waals surface area contributed by atoms with E-state index in [-0.39, 0.29) is 5.97 Å². The zero-order valence-corrected chi connectivity index (χ0v) is 12.9. The first-order chi connectivity index (χ1) is 9.38. The summed E-state index contributed by atoms with van der Waals surface area (Å²) in [6.07, 6.45) is 1.35. The molecular formula is C14H24N4O2. The maximum atomic E-state index is 11.8. The number of ether oxygens (including phenoxy) is 1. The van der Waals surface area contributed by atoms with Gasteiger partial charge in [-0.2, -0.15) is 0 Å². The molecule has 3 N–H and O–H groups in total. The average Bonchev–Trinajstić information content (AvgIpc) is 2.41. The molecule has 1 rings (SSSR count). The lowest BCUT2D eigenvalue weighted by atomic mass is 10.0. The number of aryl methyl sites for hydroxylation is 1. The number of aromatic nitrogens is 2. The highest BCUT2D eigenvalue weighted by Crippen LogP contribution is 2.20. The van der Waals surface area contributed by atoms with Crippen LogP contribution in [0.4, 0.5) is 11.6 Å². The van der Waals surface area contributed by atoms with Gasteiger partial charge in [-0.1, -0.05) is 20.8 Å². The summed E-state index contributed by atoms with van der Waals surface area (Å²) in [5.74, 6) is 1.76. The lowest BCUT2D eigenvalue weighted by Crippen LogP contribution is -2.33. The Morgan fingerprint density at radius 2 is 2.05 bits per heavy atom. The second-order valence-corrected chi connectivity index (χ2v) is 5.20. The van der Waals surface area contributed by atoms with E-state index in [1.54, 1.807) is 0 Å². The number of nitrogens with zero attached hydrogens (tertiary/aromatic N) is 2. The van der Waals surface area contributed by atoms with Gasteiger partial charge in [0.05, 0.1) is 7.11 Å². The molecule has 0 saturated heterocycles. The van der Waals surface area contributed by atoms with Crippen LogP contribution < -0.4 is 11.1 Å². The minimum atomic E-state index is -0.433. The molecule has 0 saturated carbocycles. The number of carbonyl (C=O) groups is 1. The monoisotopic (exact) mass is 280 g/mol. The van der Waals surface area contributed by atoms with Crippen LogP contribution in [0, 0.1) is 12.8 Å². The number of hydrogen-bond acceptors (Lipinski definition) is 6. The largest absolute Gasteiger partial charge is 0.467 e. The molecule has 0 radical (unpaired) electrons. The molecular weight excluding hydrogens is 256 g/mol. The molecule has 1 heterocycles. The van der Waals surface area contributed by atoms with E-state index in [1.165, 1.54) is 7.11 Å². The predicted molar refractivity (Wildman–Crippen MR) is 79.4 cm³/mol. The zero-order valence-electron chi connectivity index (χ0n) is 12.9. The predicted octanol–water partition coefficient (Wildman–Crippen LogP) is 1.93. The molecule has 0 aliphatic carbocycles. The Labute approximate surface area is 120 Å². The van der Waals surface area contributed by atoms with Crippen LogP contribution in [-0.2, 0) is 16.0 Å². The van der Waals surface area contributed by atoms with E-state index in [4.69, 9.17) is 10.5 Å². The van der Waals surface area contributed by atoms with Crippen LogP contribution in [0.25, 0.3) is 0 Å². The van der Waals surface area contributed by atoms with Gasteiger partial charge in [0.2, 0.25) is 0 Å². The molecule has 6 heteroatoms. The van der Waals surface area contributed by atoms with Crippen LogP contribution in [0.3, 0.4) is 0 Å². The summed E-state index contributed by atoms with van der Waals surface area (Å²) in [6, 6.07) is -0.433. The molecule has 0 amide bonds. The second-order valence-electron chi connectivity index (χ2n) is 5.20. The highest BCUT2D eigenvalue weighted by Gasteiger charge is 2.22. The maximum absolute atomic E-state index is 11.8. The minimum absolute atomic E-state index is 0.298. The van der Waals surface area contributed by atoms with Crippen molar-refractivity contribution in [1.82, 2.24) is 9.97 Å². The molecule has 112 valence electrons. The number of rotatable bonds is 6. The molecule has 1 atom stereocenters.